The summed E-state index contributed by atoms with van der Waals surface area (Å²) in [5.41, 5.74) is 0.404. The highest BCUT2D eigenvalue weighted by molar-refractivity contribution is 6.01. The number of ether oxygens (including phenoxy) is 2. The molecule has 0 unspecified atom stereocenters. The second kappa shape index (κ2) is 11.3. The van der Waals surface area contributed by atoms with E-state index in [1.165, 1.54) is 4.90 Å². The third-order valence-corrected chi connectivity index (χ3v) is 4.63. The van der Waals surface area contributed by atoms with Gasteiger partial charge in [-0.05, 0) is 25.5 Å². The number of nitrogens with one attached hydrogen (secondary N) is 1. The Hall–Kier alpha value is -2.57. The minimum absolute atomic E-state index is 0.161. The molecule has 0 saturated carbocycles. The fourth-order valence-electron chi connectivity index (χ4n) is 3.17. The van der Waals surface area contributed by atoms with Crippen molar-refractivity contribution < 1.29 is 23.9 Å². The van der Waals surface area contributed by atoms with Crippen LogP contribution in [0.25, 0.3) is 0 Å². The Balaban J connectivity index is 2.11. The minimum Gasteiger partial charge on any atom is -0.493 e. The number of hydrogen-bond donors (Lipinski definition) is 1. The Bertz CT molecular complexity index is 677. The molecule has 154 valence electrons. The SMILES string of the molecule is CCCCCCOc1ccccc1C(=O)N1CCNC(=O)[C@H]1CC(=O)OCC. The van der Waals surface area contributed by atoms with E-state index < -0.39 is 12.0 Å². The van der Waals surface area contributed by atoms with Crippen LogP contribution in [0.15, 0.2) is 24.3 Å². The third-order valence-electron chi connectivity index (χ3n) is 4.63. The number of rotatable bonds is 10. The van der Waals surface area contributed by atoms with Crippen LogP contribution in [0.1, 0.15) is 56.3 Å². The van der Waals surface area contributed by atoms with Gasteiger partial charge in [0, 0.05) is 13.1 Å². The standard InChI is InChI=1S/C21H30N2O5/c1-3-5-6-9-14-28-18-11-8-7-10-16(18)21(26)23-13-12-22-20(25)17(23)15-19(24)27-4-2/h7-8,10-11,17H,3-6,9,12-15H2,1-2H3,(H,22,25)/t17-/m1/s1. The molecule has 0 bridgehead atoms. The van der Waals surface area contributed by atoms with Gasteiger partial charge in [0.15, 0.2) is 0 Å². The van der Waals surface area contributed by atoms with E-state index in [2.05, 4.69) is 12.2 Å². The van der Waals surface area contributed by atoms with Crippen LogP contribution in [0.4, 0.5) is 0 Å². The van der Waals surface area contributed by atoms with Gasteiger partial charge in [0.1, 0.15) is 11.8 Å². The molecule has 1 aromatic rings. The number of carbonyl (C=O) groups excluding carboxylic acids is 3. The molecule has 1 fully saturated rings. The topological polar surface area (TPSA) is 84.9 Å². The molecule has 1 aromatic carbocycles. The largest absolute Gasteiger partial charge is 0.493 e. The summed E-state index contributed by atoms with van der Waals surface area (Å²) in [5, 5.41) is 2.71. The molecule has 0 spiro atoms. The van der Waals surface area contributed by atoms with E-state index in [1.807, 2.05) is 6.07 Å². The Kier molecular flexibility index (Phi) is 8.78. The number of esters is 1. The molecular weight excluding hydrogens is 360 g/mol. The van der Waals surface area contributed by atoms with Gasteiger partial charge in [0.25, 0.3) is 5.91 Å². The van der Waals surface area contributed by atoms with E-state index >= 15 is 0 Å². The van der Waals surface area contributed by atoms with E-state index in [9.17, 15) is 14.4 Å². The Morgan fingerprint density at radius 1 is 1.18 bits per heavy atom. The van der Waals surface area contributed by atoms with Crippen LogP contribution in [0.3, 0.4) is 0 Å². The zero-order chi connectivity index (χ0) is 20.4. The fourth-order valence-corrected chi connectivity index (χ4v) is 3.17. The van der Waals surface area contributed by atoms with Crippen molar-refractivity contribution in [3.05, 3.63) is 29.8 Å². The first-order chi connectivity index (χ1) is 13.6. The van der Waals surface area contributed by atoms with Crippen molar-refractivity contribution in [3.63, 3.8) is 0 Å². The van der Waals surface area contributed by atoms with E-state index in [0.717, 1.165) is 25.7 Å². The first-order valence-electron chi connectivity index (χ1n) is 10.0. The molecule has 7 nitrogen and oxygen atoms in total. The summed E-state index contributed by atoms with van der Waals surface area (Å²) in [6.07, 6.45) is 4.15. The van der Waals surface area contributed by atoms with Crippen molar-refractivity contribution in [1.29, 1.82) is 0 Å². The normalized spacial score (nSPS) is 16.4. The van der Waals surface area contributed by atoms with Gasteiger partial charge in [0.2, 0.25) is 5.91 Å². The van der Waals surface area contributed by atoms with Crippen LogP contribution in [0.5, 0.6) is 5.75 Å². The molecule has 28 heavy (non-hydrogen) atoms. The lowest BCUT2D eigenvalue weighted by molar-refractivity contribution is -0.147. The number of hydrogen-bond acceptors (Lipinski definition) is 5. The van der Waals surface area contributed by atoms with Crippen molar-refractivity contribution in [1.82, 2.24) is 10.2 Å². The number of benzene rings is 1. The monoisotopic (exact) mass is 390 g/mol. The lowest BCUT2D eigenvalue weighted by Crippen LogP contribution is -2.57. The average molecular weight is 390 g/mol. The summed E-state index contributed by atoms with van der Waals surface area (Å²) >= 11 is 0. The maximum atomic E-state index is 13.2. The number of para-hydroxylation sites is 1. The van der Waals surface area contributed by atoms with E-state index in [1.54, 1.807) is 25.1 Å². The van der Waals surface area contributed by atoms with Gasteiger partial charge in [0.05, 0.1) is 25.2 Å². The van der Waals surface area contributed by atoms with Crippen LogP contribution in [-0.2, 0) is 14.3 Å². The second-order valence-corrected chi connectivity index (χ2v) is 6.72. The highest BCUT2D eigenvalue weighted by Crippen LogP contribution is 2.23. The van der Waals surface area contributed by atoms with Crippen LogP contribution in [0.2, 0.25) is 0 Å². The van der Waals surface area contributed by atoms with Crippen molar-refractivity contribution in [2.45, 2.75) is 52.0 Å². The molecule has 2 amide bonds. The van der Waals surface area contributed by atoms with Crippen LogP contribution in [-0.4, -0.2) is 55.0 Å². The van der Waals surface area contributed by atoms with Crippen molar-refractivity contribution >= 4 is 17.8 Å². The first kappa shape index (κ1) is 21.7. The predicted molar refractivity (Wildman–Crippen MR) is 105 cm³/mol. The number of amides is 2. The van der Waals surface area contributed by atoms with Gasteiger partial charge >= 0.3 is 5.97 Å². The maximum absolute atomic E-state index is 13.2. The van der Waals surface area contributed by atoms with E-state index in [-0.39, 0.29) is 24.8 Å². The van der Waals surface area contributed by atoms with Gasteiger partial charge in [-0.2, -0.15) is 0 Å². The van der Waals surface area contributed by atoms with Crippen molar-refractivity contribution in [2.75, 3.05) is 26.3 Å². The molecular formula is C21H30N2O5. The lowest BCUT2D eigenvalue weighted by Gasteiger charge is -2.34. The van der Waals surface area contributed by atoms with Crippen molar-refractivity contribution in [2.24, 2.45) is 0 Å². The zero-order valence-electron chi connectivity index (χ0n) is 16.7. The van der Waals surface area contributed by atoms with E-state index in [4.69, 9.17) is 9.47 Å². The Labute approximate surface area is 166 Å². The maximum Gasteiger partial charge on any atom is 0.308 e. The fraction of sp³-hybridized carbons (Fsp3) is 0.571. The molecule has 0 aliphatic carbocycles. The number of carbonyl (C=O) groups is 3. The molecule has 1 atom stereocenters. The highest BCUT2D eigenvalue weighted by Gasteiger charge is 2.36. The molecule has 1 N–H and O–H groups in total. The zero-order valence-corrected chi connectivity index (χ0v) is 16.7. The smallest absolute Gasteiger partial charge is 0.308 e. The van der Waals surface area contributed by atoms with Gasteiger partial charge in [-0.25, -0.2) is 0 Å². The molecule has 7 heteroatoms. The van der Waals surface area contributed by atoms with Crippen molar-refractivity contribution in [3.8, 4) is 5.75 Å². The van der Waals surface area contributed by atoms with Gasteiger partial charge in [-0.1, -0.05) is 38.3 Å². The highest BCUT2D eigenvalue weighted by atomic mass is 16.5. The van der Waals surface area contributed by atoms with E-state index in [0.29, 0.717) is 31.0 Å². The summed E-state index contributed by atoms with van der Waals surface area (Å²) in [6, 6.07) is 6.16. The minimum atomic E-state index is -0.877. The Morgan fingerprint density at radius 2 is 1.96 bits per heavy atom. The Morgan fingerprint density at radius 3 is 2.71 bits per heavy atom. The lowest BCUT2D eigenvalue weighted by atomic mass is 10.1. The molecule has 0 radical (unpaired) electrons. The second-order valence-electron chi connectivity index (χ2n) is 6.72. The van der Waals surface area contributed by atoms with Gasteiger partial charge in [-0.3, -0.25) is 14.4 Å². The average Bonchev–Trinajstić information content (AvgIpc) is 2.69. The molecule has 1 aliphatic rings. The predicted octanol–water partition coefficient (Wildman–Crippen LogP) is 2.54. The molecule has 0 aromatic heterocycles. The first-order valence-corrected chi connectivity index (χ1v) is 10.0. The summed E-state index contributed by atoms with van der Waals surface area (Å²) < 4.78 is 10.8. The number of nitrogens with zero attached hydrogens (tertiary/aromatic N) is 1. The van der Waals surface area contributed by atoms with Crippen LogP contribution < -0.4 is 10.1 Å². The molecule has 1 heterocycles. The van der Waals surface area contributed by atoms with Crippen LogP contribution in [0, 0.1) is 0 Å². The van der Waals surface area contributed by atoms with Crippen LogP contribution >= 0.6 is 0 Å². The summed E-state index contributed by atoms with van der Waals surface area (Å²) in [4.78, 5) is 38.8. The quantitative estimate of drug-likeness (QED) is 0.490. The number of unbranched alkanes of at least 4 members (excludes halogenated alkanes) is 3. The number of piperazine rings is 1. The molecule has 1 saturated heterocycles. The molecule has 1 aliphatic heterocycles. The summed E-state index contributed by atoms with van der Waals surface area (Å²) in [7, 11) is 0. The van der Waals surface area contributed by atoms with Gasteiger partial charge in [-0.15, -0.1) is 0 Å². The summed E-state index contributed by atoms with van der Waals surface area (Å²) in [5.74, 6) is -0.647. The van der Waals surface area contributed by atoms with Gasteiger partial charge < -0.3 is 19.7 Å². The third kappa shape index (κ3) is 5.97. The summed E-state index contributed by atoms with van der Waals surface area (Å²) in [6.45, 7) is 5.31. The molecule has 2 rings (SSSR count).